The predicted octanol–water partition coefficient (Wildman–Crippen LogP) is -0.895. The van der Waals surface area contributed by atoms with Gasteiger partial charge in [0.25, 0.3) is 0 Å². The number of phenols is 1. The van der Waals surface area contributed by atoms with Crippen molar-refractivity contribution in [1.29, 1.82) is 0 Å². The number of aromatic hydroxyl groups is 1. The lowest BCUT2D eigenvalue weighted by atomic mass is 9.98. The van der Waals surface area contributed by atoms with Gasteiger partial charge in [0.1, 0.15) is 90.3 Å². The number of imidazole rings is 1. The van der Waals surface area contributed by atoms with Crippen molar-refractivity contribution in [1.82, 2.24) is 92.2 Å². The van der Waals surface area contributed by atoms with Crippen LogP contribution in [0.5, 0.6) is 5.75 Å². The number of benzene rings is 3. The molecule has 0 spiro atoms. The quantitative estimate of drug-likeness (QED) is 0.0313. The Hall–Kier alpha value is -13.1. The number of fused-ring (bicyclic) bond motifs is 4. The van der Waals surface area contributed by atoms with Crippen molar-refractivity contribution in [3.63, 3.8) is 0 Å². The van der Waals surface area contributed by atoms with E-state index in [1.54, 1.807) is 50.4 Å². The monoisotopic (exact) mass is 1930 g/mol. The first kappa shape index (κ1) is 107. The molecule has 3 aliphatic heterocycles. The molecule has 15 atom stereocenters. The number of aliphatic hydroxyl groups excluding tert-OH is 1. The van der Waals surface area contributed by atoms with E-state index in [-0.39, 0.29) is 88.2 Å². The summed E-state index contributed by atoms with van der Waals surface area (Å²) in [6, 6.07) is -1.90. The van der Waals surface area contributed by atoms with E-state index in [9.17, 15) is 58.5 Å². The maximum absolute atomic E-state index is 15.9. The van der Waals surface area contributed by atoms with Gasteiger partial charge in [-0.15, -0.1) is 23.1 Å². The number of H-pyrrole nitrogens is 2. The number of nitrogens with zero attached hydrogens (tertiary/aromatic N) is 7. The number of carbonyl (C=O) groups is 18. The lowest BCUT2D eigenvalue weighted by Gasteiger charge is -2.38. The zero-order chi connectivity index (χ0) is 99.5. The van der Waals surface area contributed by atoms with E-state index in [0.29, 0.717) is 53.3 Å². The molecule has 6 aromatic rings. The fourth-order valence-corrected chi connectivity index (χ4v) is 18.8. The molecule has 17 amide bonds. The number of aliphatic carboxylic acids is 1. The maximum Gasteiger partial charge on any atom is 0.303 e. The molecule has 3 aromatic heterocycles. The number of thiophene rings is 1. The lowest BCUT2D eigenvalue weighted by Crippen LogP contribution is -2.61. The Morgan fingerprint density at radius 1 is 0.566 bits per heavy atom. The third-order valence-electron chi connectivity index (χ3n) is 24.6. The zero-order valence-corrected chi connectivity index (χ0v) is 79.4. The summed E-state index contributed by atoms with van der Waals surface area (Å²) in [6.07, 6.45) is 0.498. The summed E-state index contributed by atoms with van der Waals surface area (Å²) in [7, 11) is 5.38. The highest BCUT2D eigenvalue weighted by atomic mass is 32.2. The number of thioether (sulfide) groups is 1. The minimum atomic E-state index is -1.84. The summed E-state index contributed by atoms with van der Waals surface area (Å²) in [6.45, 7) is 6.88. The molecule has 9 rings (SSSR count). The van der Waals surface area contributed by atoms with E-state index in [1.165, 1.54) is 97.9 Å². The van der Waals surface area contributed by atoms with Gasteiger partial charge in [-0.25, -0.2) is 4.98 Å². The molecule has 0 radical (unpaired) electrons. The number of para-hydroxylation sites is 1. The number of rotatable bonds is 26. The molecular formula is C92H127N21O21S2. The largest absolute Gasteiger partial charge is 0.508 e. The van der Waals surface area contributed by atoms with E-state index in [2.05, 4.69) is 62.8 Å². The number of carbonyl (C=O) groups excluding carboxylic acids is 17. The van der Waals surface area contributed by atoms with E-state index in [1.807, 2.05) is 37.4 Å². The minimum Gasteiger partial charge on any atom is -0.508 e. The predicted molar refractivity (Wildman–Crippen MR) is 502 cm³/mol. The van der Waals surface area contributed by atoms with Crippen LogP contribution in [0.15, 0.2) is 96.9 Å². The molecule has 0 aliphatic carbocycles. The highest BCUT2D eigenvalue weighted by molar-refractivity contribution is 8.00. The first-order valence-electron chi connectivity index (χ1n) is 45.6. The Morgan fingerprint density at radius 3 is 1.76 bits per heavy atom. The van der Waals surface area contributed by atoms with Crippen LogP contribution in [-0.2, 0) is 112 Å². The molecule has 136 heavy (non-hydrogen) atoms. The number of nitrogens with two attached hydrogens (primary N) is 3. The standard InChI is InChI=1S/C92H127N21O21S2/c1-10-12-22-70-91(133)110(8)71(23-13-11-2)92(134)111(9)72(35-50(3)4)85(127)107-68(80(122)98-44-76(95)117)47-135-48-77(118)100-65(36-52-26-28-56(114)29-27-52)87(129)108(6)51(5)79(121)105-67(41-75(94)116)90(132)112-34-18-24-69(112)84(126)104-64(39-55-43-96-49-99-55)83(125)102-62(30-31-78(119)120)89(131)113-45-57(115)40-73(113)86(128)103-63(37-53-42-97-60-21-16-14-19-58(53)60)82(124)101-61(32-33-93)81(123)106-66(88(130)109(70)7)38-54-46-136-74-25-17-15-20-59(54)74/h14-17,19-21,25-29,42-43,46,49-51,57,61-73,97,114-115H,10-13,18,22-24,30-41,44-45,47-48,93H2,1-9H3,(H2,94,116)(H2,95,117)(H,96,99)(H,98,122)(H,100,118)(H,101,124)(H,102,125)(H,103,128)(H,104,126)(H,105,121)(H,106,123)(H,107,127)(H,119,120)/t51-,57+,61-,62-,63-,64-,65-,66-,67+,68-,69-,70-,71-,72-,73-/m0/s1. The molecule has 738 valence electrons. The molecule has 0 saturated carbocycles. The summed E-state index contributed by atoms with van der Waals surface area (Å²) in [5.41, 5.74) is 19.7. The zero-order valence-electron chi connectivity index (χ0n) is 77.8. The number of aromatic amines is 2. The fourth-order valence-electron chi connectivity index (χ4n) is 16.9. The summed E-state index contributed by atoms with van der Waals surface area (Å²) in [5.74, 6) is -18.8. The number of nitrogens with one attached hydrogen (secondary N) is 11. The minimum absolute atomic E-state index is 0.0266. The average molecular weight is 1930 g/mol. The van der Waals surface area contributed by atoms with E-state index in [0.717, 1.165) is 36.5 Å². The fraction of sp³-hybridized carbons (Fsp3) is 0.533. The second-order valence-corrected chi connectivity index (χ2v) is 37.0. The van der Waals surface area contributed by atoms with Crippen molar-refractivity contribution in [2.75, 3.05) is 65.9 Å². The van der Waals surface area contributed by atoms with Gasteiger partial charge in [-0.3, -0.25) is 86.3 Å². The Balaban J connectivity index is 1.11. The van der Waals surface area contributed by atoms with Gasteiger partial charge in [0.2, 0.25) is 100 Å². The summed E-state index contributed by atoms with van der Waals surface area (Å²) >= 11 is 2.17. The van der Waals surface area contributed by atoms with Crippen molar-refractivity contribution < 1.29 is 102 Å². The van der Waals surface area contributed by atoms with Crippen LogP contribution in [0.2, 0.25) is 0 Å². The average Bonchev–Trinajstić information content (AvgIpc) is 1.51. The number of unbranched alkanes of at least 4 members (excludes halogenated alkanes) is 2. The Kier molecular flexibility index (Phi) is 39.5. The SMILES string of the molecule is CCCC[C@H]1C(=O)N(C)[C@@H](CCCC)C(=O)N(C)[C@@H](CC(C)C)C(=O)N[C@H](C(=O)NCC(N)=O)CSCC(=O)N[C@@H](Cc2ccc(O)cc2)C(=O)N(C)[C@@H](C)C(=O)N[C@H](CC(N)=O)C(=O)N2CCC[C@H]2C(=O)N[C@@H](Cc2c[nH]cn2)C(=O)N[C@@H](CCC(=O)O)C(=O)N2C[C@H](O)C[C@H]2C(=O)N[C@@H](Cc2c[nH]c3ccccc23)C(=O)N[C@@H](CCN)C(=O)N[C@@H](Cc2csc3ccccc23)C(=O)N1C. The van der Waals surface area contributed by atoms with Gasteiger partial charge < -0.3 is 120 Å². The molecule has 42 nitrogen and oxygen atoms in total. The molecule has 3 saturated heterocycles. The van der Waals surface area contributed by atoms with Crippen molar-refractivity contribution in [2.45, 2.75) is 241 Å². The molecule has 3 fully saturated rings. The van der Waals surface area contributed by atoms with Crippen molar-refractivity contribution in [3.8, 4) is 5.75 Å². The van der Waals surface area contributed by atoms with E-state index < -0.39 is 254 Å². The third-order valence-corrected chi connectivity index (χ3v) is 26.6. The van der Waals surface area contributed by atoms with Gasteiger partial charge in [0, 0.05) is 114 Å². The molecule has 44 heteroatoms. The van der Waals surface area contributed by atoms with Crippen LogP contribution in [0.25, 0.3) is 21.0 Å². The van der Waals surface area contributed by atoms with Crippen LogP contribution in [0.1, 0.15) is 147 Å². The number of carboxylic acid groups (broad SMARTS) is 1. The van der Waals surface area contributed by atoms with Gasteiger partial charge in [-0.2, -0.15) is 0 Å². The summed E-state index contributed by atoms with van der Waals surface area (Å²) in [5, 5.41) is 58.8. The lowest BCUT2D eigenvalue weighted by molar-refractivity contribution is -0.153. The second-order valence-electron chi connectivity index (χ2n) is 35.1. The molecule has 0 bridgehead atoms. The van der Waals surface area contributed by atoms with Gasteiger partial charge in [-0.05, 0) is 116 Å². The number of hydrogen-bond acceptors (Lipinski definition) is 24. The van der Waals surface area contributed by atoms with Gasteiger partial charge >= 0.3 is 5.97 Å². The molecule has 3 aromatic carbocycles. The molecule has 0 unspecified atom stereocenters. The number of hydrogen-bond donors (Lipinski definition) is 17. The number of amides is 17. The number of carboxylic acids is 1. The smallest absolute Gasteiger partial charge is 0.303 e. The van der Waals surface area contributed by atoms with Crippen LogP contribution in [0, 0.1) is 5.92 Å². The number of phenolic OH excluding ortho intramolecular Hbond substituents is 1. The highest BCUT2D eigenvalue weighted by Crippen LogP contribution is 2.31. The third kappa shape index (κ3) is 29.0. The number of primary amides is 2. The second kappa shape index (κ2) is 50.5. The van der Waals surface area contributed by atoms with Crippen LogP contribution in [-0.4, -0.2) is 323 Å². The normalized spacial score (nSPS) is 24.8. The van der Waals surface area contributed by atoms with Crippen LogP contribution >= 0.6 is 23.1 Å². The van der Waals surface area contributed by atoms with Gasteiger partial charge in [0.05, 0.1) is 36.8 Å². The summed E-state index contributed by atoms with van der Waals surface area (Å²) in [4.78, 5) is 281. The first-order valence-corrected chi connectivity index (χ1v) is 47.6. The van der Waals surface area contributed by atoms with E-state index >= 15 is 43.2 Å². The number of aromatic nitrogens is 3. The van der Waals surface area contributed by atoms with Crippen molar-refractivity contribution >= 4 is 150 Å². The molecule has 3 aliphatic rings. The molecular weight excluding hydrogens is 1800 g/mol. The molecule has 20 N–H and O–H groups in total. The van der Waals surface area contributed by atoms with Crippen molar-refractivity contribution in [3.05, 3.63) is 119 Å². The van der Waals surface area contributed by atoms with Crippen LogP contribution < -0.4 is 65.1 Å². The van der Waals surface area contributed by atoms with Crippen LogP contribution in [0.3, 0.4) is 0 Å². The van der Waals surface area contributed by atoms with Crippen LogP contribution in [0.4, 0.5) is 0 Å². The summed E-state index contributed by atoms with van der Waals surface area (Å²) < 4.78 is 0.832. The van der Waals surface area contributed by atoms with Gasteiger partial charge in [-0.1, -0.05) is 102 Å². The first-order chi connectivity index (χ1) is 64.7. The Bertz CT molecular complexity index is 5270. The van der Waals surface area contributed by atoms with E-state index in [4.69, 9.17) is 17.2 Å². The maximum atomic E-state index is 15.9. The van der Waals surface area contributed by atoms with Crippen molar-refractivity contribution in [2.24, 2.45) is 23.1 Å². The Labute approximate surface area is 795 Å². The number of likely N-dealkylation sites (N-methyl/N-ethyl adjacent to an activating group) is 4. The number of aliphatic hydroxyl groups is 1. The highest BCUT2D eigenvalue weighted by Gasteiger charge is 2.47. The van der Waals surface area contributed by atoms with Gasteiger partial charge in [0.15, 0.2) is 0 Å². The topological polar surface area (TPSA) is 618 Å². The molecule has 6 heterocycles. The Morgan fingerprint density at radius 2 is 1.13 bits per heavy atom.